The van der Waals surface area contributed by atoms with Gasteiger partial charge in [-0.2, -0.15) is 0 Å². The number of benzene rings is 1. The molecule has 180 valence electrons. The van der Waals surface area contributed by atoms with Crippen molar-refractivity contribution in [2.75, 3.05) is 5.32 Å². The molecule has 2 saturated carbocycles. The monoisotopic (exact) mass is 485 g/mol. The number of H-pyrrole nitrogens is 1. The lowest BCUT2D eigenvalue weighted by atomic mass is 9.95. The van der Waals surface area contributed by atoms with Gasteiger partial charge in [-0.3, -0.25) is 13.9 Å². The number of halogens is 1. The standard InChI is InChI=1S/C24H28FN5O3S/c25-18-13-17-20(14-19(18)26-15-7-2-1-3-8-15)30(16-9-4-5-10-16)24(32)29(22(17)31)12-6-11-21-27-28-23(34)33-21/h6,11,13-16,26H,1-5,7-10,12H2,(H,28,34). The lowest BCUT2D eigenvalue weighted by molar-refractivity contribution is 0.460. The summed E-state index contributed by atoms with van der Waals surface area (Å²) in [4.78, 5) is 27.0. The Labute approximate surface area is 200 Å². The lowest BCUT2D eigenvalue weighted by Crippen LogP contribution is -2.41. The second-order valence-electron chi connectivity index (χ2n) is 9.19. The Morgan fingerprint density at radius 2 is 1.88 bits per heavy atom. The maximum Gasteiger partial charge on any atom is 0.332 e. The molecule has 0 bridgehead atoms. The molecule has 0 radical (unpaired) electrons. The number of rotatable bonds is 6. The summed E-state index contributed by atoms with van der Waals surface area (Å²) in [5.74, 6) is -0.221. The van der Waals surface area contributed by atoms with Crippen LogP contribution in [0.1, 0.15) is 69.7 Å². The second-order valence-corrected chi connectivity index (χ2v) is 9.56. The summed E-state index contributed by atoms with van der Waals surface area (Å²) in [6, 6.07) is 3.14. The van der Waals surface area contributed by atoms with Crippen LogP contribution in [0.2, 0.25) is 0 Å². The Morgan fingerprint density at radius 1 is 1.15 bits per heavy atom. The predicted octanol–water partition coefficient (Wildman–Crippen LogP) is 4.92. The molecule has 0 unspecified atom stereocenters. The normalized spacial score (nSPS) is 17.8. The van der Waals surface area contributed by atoms with Crippen LogP contribution in [0.25, 0.3) is 17.0 Å². The Morgan fingerprint density at radius 3 is 2.59 bits per heavy atom. The predicted molar refractivity (Wildman–Crippen MR) is 131 cm³/mol. The van der Waals surface area contributed by atoms with E-state index in [4.69, 9.17) is 16.6 Å². The molecule has 2 aromatic heterocycles. The first-order valence-electron chi connectivity index (χ1n) is 12.0. The summed E-state index contributed by atoms with van der Waals surface area (Å²) in [5, 5.41) is 9.94. The first-order chi connectivity index (χ1) is 16.5. The molecular weight excluding hydrogens is 457 g/mol. The molecule has 2 aliphatic rings. The minimum absolute atomic E-state index is 0.0112. The van der Waals surface area contributed by atoms with Crippen molar-refractivity contribution < 1.29 is 8.81 Å². The van der Waals surface area contributed by atoms with E-state index in [-0.39, 0.29) is 40.4 Å². The lowest BCUT2D eigenvalue weighted by Gasteiger charge is -2.25. The van der Waals surface area contributed by atoms with E-state index in [2.05, 4.69) is 15.5 Å². The fourth-order valence-electron chi connectivity index (χ4n) is 5.22. The van der Waals surface area contributed by atoms with Crippen molar-refractivity contribution in [2.45, 2.75) is 76.4 Å². The fraction of sp³-hybridized carbons (Fsp3) is 0.500. The van der Waals surface area contributed by atoms with Crippen LogP contribution in [-0.2, 0) is 6.54 Å². The molecule has 0 atom stereocenters. The van der Waals surface area contributed by atoms with Gasteiger partial charge in [-0.1, -0.05) is 38.2 Å². The third-order valence-electron chi connectivity index (χ3n) is 6.92. The van der Waals surface area contributed by atoms with E-state index in [1.165, 1.54) is 12.5 Å². The number of anilines is 1. The third-order valence-corrected chi connectivity index (χ3v) is 7.09. The molecule has 2 fully saturated rings. The number of nitrogens with zero attached hydrogens (tertiary/aromatic N) is 3. The highest BCUT2D eigenvalue weighted by Gasteiger charge is 2.24. The van der Waals surface area contributed by atoms with Gasteiger partial charge in [-0.05, 0) is 50.0 Å². The highest BCUT2D eigenvalue weighted by atomic mass is 32.1. The van der Waals surface area contributed by atoms with Crippen LogP contribution in [0.5, 0.6) is 0 Å². The molecule has 0 aliphatic heterocycles. The maximum atomic E-state index is 15.1. The van der Waals surface area contributed by atoms with Crippen LogP contribution in [0, 0.1) is 10.7 Å². The first kappa shape index (κ1) is 22.8. The van der Waals surface area contributed by atoms with Crippen LogP contribution in [-0.4, -0.2) is 25.4 Å². The van der Waals surface area contributed by atoms with E-state index < -0.39 is 11.4 Å². The molecule has 0 amide bonds. The molecule has 2 N–H and O–H groups in total. The van der Waals surface area contributed by atoms with Gasteiger partial charge in [0.1, 0.15) is 5.82 Å². The van der Waals surface area contributed by atoms with Crippen molar-refractivity contribution in [2.24, 2.45) is 0 Å². The smallest absolute Gasteiger partial charge is 0.332 e. The van der Waals surface area contributed by atoms with Crippen molar-refractivity contribution in [3.63, 3.8) is 0 Å². The number of hydrogen-bond acceptors (Lipinski definition) is 6. The maximum absolute atomic E-state index is 15.1. The van der Waals surface area contributed by atoms with E-state index in [9.17, 15) is 9.59 Å². The number of fused-ring (bicyclic) bond motifs is 1. The van der Waals surface area contributed by atoms with Gasteiger partial charge in [-0.25, -0.2) is 14.3 Å². The van der Waals surface area contributed by atoms with Crippen LogP contribution >= 0.6 is 12.2 Å². The molecule has 3 aromatic rings. The molecule has 10 heteroatoms. The number of nitrogens with one attached hydrogen (secondary N) is 2. The van der Waals surface area contributed by atoms with Crippen LogP contribution in [0.3, 0.4) is 0 Å². The fourth-order valence-corrected chi connectivity index (χ4v) is 5.35. The third kappa shape index (κ3) is 4.51. The highest BCUT2D eigenvalue weighted by molar-refractivity contribution is 7.71. The van der Waals surface area contributed by atoms with Crippen molar-refractivity contribution >= 4 is 34.9 Å². The van der Waals surface area contributed by atoms with Crippen molar-refractivity contribution in [1.29, 1.82) is 0 Å². The quantitative estimate of drug-likeness (QED) is 0.481. The number of hydrogen-bond donors (Lipinski definition) is 2. The van der Waals surface area contributed by atoms with E-state index >= 15 is 4.39 Å². The van der Waals surface area contributed by atoms with Gasteiger partial charge < -0.3 is 9.73 Å². The molecule has 2 aliphatic carbocycles. The summed E-state index contributed by atoms with van der Waals surface area (Å²) < 4.78 is 23.2. The summed E-state index contributed by atoms with van der Waals surface area (Å²) in [6.07, 6.45) is 12.4. The summed E-state index contributed by atoms with van der Waals surface area (Å²) in [6.45, 7) is 0.0131. The number of aromatic nitrogens is 4. The molecule has 0 saturated heterocycles. The minimum Gasteiger partial charge on any atom is -0.410 e. The molecule has 5 rings (SSSR count). The highest BCUT2D eigenvalue weighted by Crippen LogP contribution is 2.32. The van der Waals surface area contributed by atoms with Gasteiger partial charge in [0, 0.05) is 24.7 Å². The Kier molecular flexibility index (Phi) is 6.49. The van der Waals surface area contributed by atoms with Crippen molar-refractivity contribution in [3.05, 3.63) is 55.6 Å². The molecular formula is C24H28FN5O3S. The van der Waals surface area contributed by atoms with Gasteiger partial charge in [0.2, 0.25) is 5.89 Å². The van der Waals surface area contributed by atoms with E-state index in [1.54, 1.807) is 22.8 Å². The van der Waals surface area contributed by atoms with Crippen LogP contribution in [0.4, 0.5) is 10.1 Å². The minimum atomic E-state index is -0.509. The average Bonchev–Trinajstić information content (AvgIpc) is 3.50. The van der Waals surface area contributed by atoms with E-state index in [0.717, 1.165) is 55.9 Å². The van der Waals surface area contributed by atoms with Crippen molar-refractivity contribution in [1.82, 2.24) is 19.3 Å². The van der Waals surface area contributed by atoms with Gasteiger partial charge in [0.05, 0.1) is 16.6 Å². The van der Waals surface area contributed by atoms with Gasteiger partial charge in [0.15, 0.2) is 0 Å². The number of aromatic amines is 1. The van der Waals surface area contributed by atoms with Crippen LogP contribution in [0.15, 0.2) is 32.2 Å². The molecule has 2 heterocycles. The van der Waals surface area contributed by atoms with Gasteiger partial charge >= 0.3 is 5.69 Å². The van der Waals surface area contributed by atoms with E-state index in [0.29, 0.717) is 11.2 Å². The molecule has 0 spiro atoms. The molecule has 1 aromatic carbocycles. The Balaban J connectivity index is 1.58. The van der Waals surface area contributed by atoms with Gasteiger partial charge in [-0.15, -0.1) is 5.10 Å². The van der Waals surface area contributed by atoms with Crippen molar-refractivity contribution in [3.8, 4) is 0 Å². The SMILES string of the molecule is O=c1c2cc(F)c(NC3CCCCC3)cc2n(C2CCCC2)c(=O)n1CC=Cc1n[nH]c(=S)o1. The van der Waals surface area contributed by atoms with Crippen LogP contribution < -0.4 is 16.6 Å². The Hall–Kier alpha value is -3.01. The first-order valence-corrected chi connectivity index (χ1v) is 12.4. The zero-order valence-electron chi connectivity index (χ0n) is 18.9. The topological polar surface area (TPSA) is 97.9 Å². The summed E-state index contributed by atoms with van der Waals surface area (Å²) in [5.41, 5.74) is -0.0283. The average molecular weight is 486 g/mol. The second kappa shape index (κ2) is 9.69. The zero-order chi connectivity index (χ0) is 23.7. The Bertz CT molecular complexity index is 1390. The number of allylic oxidation sites excluding steroid dienone is 1. The zero-order valence-corrected chi connectivity index (χ0v) is 19.7. The summed E-state index contributed by atoms with van der Waals surface area (Å²) >= 11 is 4.86. The van der Waals surface area contributed by atoms with E-state index in [1.807, 2.05) is 0 Å². The summed E-state index contributed by atoms with van der Waals surface area (Å²) in [7, 11) is 0. The largest absolute Gasteiger partial charge is 0.410 e. The molecule has 34 heavy (non-hydrogen) atoms. The molecule has 8 nitrogen and oxygen atoms in total. The van der Waals surface area contributed by atoms with Gasteiger partial charge in [0.25, 0.3) is 10.4 Å².